The van der Waals surface area contributed by atoms with Gasteiger partial charge in [-0.25, -0.2) is 0 Å². The van der Waals surface area contributed by atoms with Crippen LogP contribution in [0.5, 0.6) is 0 Å². The summed E-state index contributed by atoms with van der Waals surface area (Å²) in [5.41, 5.74) is 6.01. The van der Waals surface area contributed by atoms with Crippen molar-refractivity contribution in [3.8, 4) is 0 Å². The van der Waals surface area contributed by atoms with Gasteiger partial charge in [-0.2, -0.15) is 0 Å². The fraction of sp³-hybridized carbons (Fsp3) is 0.800. The highest BCUT2D eigenvalue weighted by atomic mass is 14.6. The van der Waals surface area contributed by atoms with Crippen molar-refractivity contribution in [1.29, 1.82) is 0 Å². The molecular weight excluding hydrogens is 254 g/mol. The normalized spacial score (nSPS) is 13.5. The van der Waals surface area contributed by atoms with Crippen molar-refractivity contribution in [2.24, 2.45) is 5.73 Å². The Labute approximate surface area is 134 Å². The van der Waals surface area contributed by atoms with E-state index in [2.05, 4.69) is 38.2 Å². The van der Waals surface area contributed by atoms with Gasteiger partial charge in [0.2, 0.25) is 0 Å². The minimum absolute atomic E-state index is 0.437. The molecule has 1 unspecified atom stereocenters. The lowest BCUT2D eigenvalue weighted by atomic mass is 10.0. The van der Waals surface area contributed by atoms with Crippen molar-refractivity contribution in [2.45, 2.75) is 103 Å². The predicted octanol–water partition coefficient (Wildman–Crippen LogP) is 6.54. The average molecular weight is 294 g/mol. The SMILES string of the molecule is CC=CCCCCCCC/C=C\CCCCC(N)CCC. The molecule has 0 radical (unpaired) electrons. The molecule has 0 bridgehead atoms. The Kier molecular flexibility index (Phi) is 17.0. The van der Waals surface area contributed by atoms with Gasteiger partial charge in [0.1, 0.15) is 0 Å². The van der Waals surface area contributed by atoms with E-state index < -0.39 is 0 Å². The lowest BCUT2D eigenvalue weighted by molar-refractivity contribution is 0.528. The Hall–Kier alpha value is -0.560. The second-order valence-electron chi connectivity index (χ2n) is 6.22. The third-order valence-electron chi connectivity index (χ3n) is 4.00. The molecule has 0 aliphatic carbocycles. The second kappa shape index (κ2) is 17.5. The predicted molar refractivity (Wildman–Crippen MR) is 97.6 cm³/mol. The van der Waals surface area contributed by atoms with Gasteiger partial charge in [-0.15, -0.1) is 0 Å². The van der Waals surface area contributed by atoms with E-state index in [4.69, 9.17) is 5.73 Å². The van der Waals surface area contributed by atoms with Crippen LogP contribution in [0.2, 0.25) is 0 Å². The van der Waals surface area contributed by atoms with Crippen molar-refractivity contribution in [1.82, 2.24) is 0 Å². The molecule has 0 saturated heterocycles. The van der Waals surface area contributed by atoms with Gasteiger partial charge < -0.3 is 5.73 Å². The van der Waals surface area contributed by atoms with Crippen LogP contribution >= 0.6 is 0 Å². The Morgan fingerprint density at radius 1 is 0.714 bits per heavy atom. The van der Waals surface area contributed by atoms with Crippen LogP contribution in [0.25, 0.3) is 0 Å². The molecule has 1 atom stereocenters. The van der Waals surface area contributed by atoms with E-state index in [1.54, 1.807) is 0 Å². The molecule has 0 saturated carbocycles. The minimum atomic E-state index is 0.437. The van der Waals surface area contributed by atoms with Gasteiger partial charge >= 0.3 is 0 Å². The molecule has 0 spiro atoms. The Balaban J connectivity index is 3.15. The van der Waals surface area contributed by atoms with Crippen LogP contribution in [-0.4, -0.2) is 6.04 Å². The first-order valence-corrected chi connectivity index (χ1v) is 9.33. The highest BCUT2D eigenvalue weighted by Gasteiger charge is 1.99. The van der Waals surface area contributed by atoms with Gasteiger partial charge in [0.05, 0.1) is 0 Å². The second-order valence-corrected chi connectivity index (χ2v) is 6.22. The van der Waals surface area contributed by atoms with Crippen LogP contribution in [0.15, 0.2) is 24.3 Å². The lowest BCUT2D eigenvalue weighted by Gasteiger charge is -2.08. The monoisotopic (exact) mass is 293 g/mol. The van der Waals surface area contributed by atoms with Gasteiger partial charge in [0.25, 0.3) is 0 Å². The number of nitrogens with two attached hydrogens (primary N) is 1. The molecule has 0 aromatic carbocycles. The number of allylic oxidation sites excluding steroid dienone is 4. The molecule has 1 nitrogen and oxygen atoms in total. The van der Waals surface area contributed by atoms with Crippen molar-refractivity contribution < 1.29 is 0 Å². The number of rotatable bonds is 15. The highest BCUT2D eigenvalue weighted by Crippen LogP contribution is 2.09. The van der Waals surface area contributed by atoms with Crippen molar-refractivity contribution in [2.75, 3.05) is 0 Å². The molecule has 124 valence electrons. The van der Waals surface area contributed by atoms with Crippen LogP contribution in [0.4, 0.5) is 0 Å². The standard InChI is InChI=1S/C20H39N/c1-3-5-6-7-8-9-10-11-12-13-14-15-16-17-19-20(21)18-4-2/h3,5,13-14,20H,4,6-12,15-19,21H2,1-2H3/b5-3?,14-13-. The zero-order valence-electron chi connectivity index (χ0n) is 14.7. The first kappa shape index (κ1) is 20.4. The lowest BCUT2D eigenvalue weighted by Crippen LogP contribution is -2.18. The summed E-state index contributed by atoms with van der Waals surface area (Å²) in [6, 6.07) is 0.437. The zero-order valence-corrected chi connectivity index (χ0v) is 14.7. The van der Waals surface area contributed by atoms with Crippen molar-refractivity contribution in [3.05, 3.63) is 24.3 Å². The fourth-order valence-electron chi connectivity index (χ4n) is 2.64. The van der Waals surface area contributed by atoms with Crippen LogP contribution in [0, 0.1) is 0 Å². The minimum Gasteiger partial charge on any atom is -0.328 e. The first-order chi connectivity index (χ1) is 10.3. The molecule has 0 aliphatic rings. The smallest absolute Gasteiger partial charge is 0.00387 e. The van der Waals surface area contributed by atoms with Crippen LogP contribution in [0.1, 0.15) is 97.3 Å². The van der Waals surface area contributed by atoms with Gasteiger partial charge in [-0.3, -0.25) is 0 Å². The van der Waals surface area contributed by atoms with Crippen molar-refractivity contribution in [3.63, 3.8) is 0 Å². The van der Waals surface area contributed by atoms with Gasteiger partial charge in [0, 0.05) is 6.04 Å². The highest BCUT2D eigenvalue weighted by molar-refractivity contribution is 4.81. The summed E-state index contributed by atoms with van der Waals surface area (Å²) < 4.78 is 0. The summed E-state index contributed by atoms with van der Waals surface area (Å²) >= 11 is 0. The maximum absolute atomic E-state index is 6.01. The molecular formula is C20H39N. The maximum Gasteiger partial charge on any atom is 0.00387 e. The Morgan fingerprint density at radius 2 is 1.24 bits per heavy atom. The summed E-state index contributed by atoms with van der Waals surface area (Å²) in [4.78, 5) is 0. The third kappa shape index (κ3) is 17.4. The summed E-state index contributed by atoms with van der Waals surface area (Å²) in [7, 11) is 0. The van der Waals surface area contributed by atoms with Crippen molar-refractivity contribution >= 4 is 0 Å². The molecule has 0 heterocycles. The quantitative estimate of drug-likeness (QED) is 0.269. The summed E-state index contributed by atoms with van der Waals surface area (Å²) in [5, 5.41) is 0. The van der Waals surface area contributed by atoms with E-state index in [0.717, 1.165) is 0 Å². The number of hydrogen-bond acceptors (Lipinski definition) is 1. The molecule has 1 heteroatoms. The largest absolute Gasteiger partial charge is 0.328 e. The van der Waals surface area contributed by atoms with Gasteiger partial charge in [-0.1, -0.05) is 63.3 Å². The van der Waals surface area contributed by atoms with Crippen LogP contribution < -0.4 is 5.73 Å². The molecule has 21 heavy (non-hydrogen) atoms. The van der Waals surface area contributed by atoms with E-state index in [1.807, 2.05) is 0 Å². The molecule has 2 N–H and O–H groups in total. The van der Waals surface area contributed by atoms with Gasteiger partial charge in [-0.05, 0) is 58.3 Å². The topological polar surface area (TPSA) is 26.0 Å². The van der Waals surface area contributed by atoms with E-state index in [9.17, 15) is 0 Å². The maximum atomic E-state index is 6.01. The van der Waals surface area contributed by atoms with Gasteiger partial charge in [0.15, 0.2) is 0 Å². The Bertz CT molecular complexity index is 242. The Morgan fingerprint density at radius 3 is 1.81 bits per heavy atom. The van der Waals surface area contributed by atoms with Crippen LogP contribution in [0.3, 0.4) is 0 Å². The molecule has 0 aromatic rings. The van der Waals surface area contributed by atoms with E-state index >= 15 is 0 Å². The molecule has 0 rings (SSSR count). The van der Waals surface area contributed by atoms with E-state index in [0.29, 0.717) is 6.04 Å². The third-order valence-corrected chi connectivity index (χ3v) is 4.00. The first-order valence-electron chi connectivity index (χ1n) is 9.33. The number of hydrogen-bond donors (Lipinski definition) is 1. The zero-order chi connectivity index (χ0) is 15.6. The molecule has 0 aromatic heterocycles. The molecule has 0 fully saturated rings. The summed E-state index contributed by atoms with van der Waals surface area (Å²) in [5.74, 6) is 0. The molecule has 0 amide bonds. The van der Waals surface area contributed by atoms with E-state index in [-0.39, 0.29) is 0 Å². The van der Waals surface area contributed by atoms with Crippen LogP contribution in [-0.2, 0) is 0 Å². The number of unbranched alkanes of at least 4 members (excludes halogenated alkanes) is 8. The van der Waals surface area contributed by atoms with E-state index in [1.165, 1.54) is 83.5 Å². The fourth-order valence-corrected chi connectivity index (χ4v) is 2.64. The average Bonchev–Trinajstić information content (AvgIpc) is 2.48. The molecule has 0 aliphatic heterocycles. The summed E-state index contributed by atoms with van der Waals surface area (Å²) in [6.45, 7) is 4.32. The summed E-state index contributed by atoms with van der Waals surface area (Å²) in [6.07, 6.45) is 26.1.